The van der Waals surface area contributed by atoms with Crippen molar-refractivity contribution in [2.75, 3.05) is 22.6 Å². The first-order chi connectivity index (χ1) is 19.8. The van der Waals surface area contributed by atoms with Gasteiger partial charge < -0.3 is 15.0 Å². The van der Waals surface area contributed by atoms with Crippen molar-refractivity contribution in [3.63, 3.8) is 0 Å². The standard InChI is InChI=1S/C32H37F3N4O4/c1-18(2)39(8)27-16-26(38-30(42)43-31(5,6)7)25(15-24(27)32(33,34)35)37-29(41)17-28(40)22-11-9-10-21(14-22)23-12-19(3)36-20(4)13-23/h9-16,18H,17H2,1-8H3,(H,37,41)(H,38,42). The van der Waals surface area contributed by atoms with Crippen LogP contribution >= 0.6 is 0 Å². The maximum absolute atomic E-state index is 14.2. The van der Waals surface area contributed by atoms with Gasteiger partial charge in [0.05, 0.1) is 29.0 Å². The Bertz CT molecular complexity index is 1510. The van der Waals surface area contributed by atoms with E-state index in [0.29, 0.717) is 0 Å². The molecule has 3 aromatic rings. The molecule has 43 heavy (non-hydrogen) atoms. The summed E-state index contributed by atoms with van der Waals surface area (Å²) >= 11 is 0. The lowest BCUT2D eigenvalue weighted by molar-refractivity contribution is -0.137. The van der Waals surface area contributed by atoms with E-state index in [1.807, 2.05) is 32.0 Å². The van der Waals surface area contributed by atoms with Gasteiger partial charge in [-0.05, 0) is 89.9 Å². The Balaban J connectivity index is 1.94. The molecule has 0 aliphatic carbocycles. The molecule has 0 radical (unpaired) electrons. The number of nitrogens with zero attached hydrogens (tertiary/aromatic N) is 2. The fourth-order valence-electron chi connectivity index (χ4n) is 4.32. The zero-order chi connectivity index (χ0) is 32.3. The molecule has 2 aromatic carbocycles. The molecule has 11 heteroatoms. The minimum absolute atomic E-state index is 0.115. The molecule has 1 heterocycles. The molecule has 0 unspecified atom stereocenters. The molecule has 0 aliphatic rings. The summed E-state index contributed by atoms with van der Waals surface area (Å²) in [5, 5.41) is 4.84. The SMILES string of the molecule is Cc1cc(-c2cccc(C(=O)CC(=O)Nc3cc(C(F)(F)F)c(N(C)C(C)C)cc3NC(=O)OC(C)(C)C)c2)cc(C)n1. The number of halogens is 3. The van der Waals surface area contributed by atoms with Crippen LogP contribution in [-0.4, -0.2) is 41.5 Å². The maximum atomic E-state index is 14.2. The largest absolute Gasteiger partial charge is 0.444 e. The van der Waals surface area contributed by atoms with Gasteiger partial charge in [-0.15, -0.1) is 0 Å². The number of nitrogens with one attached hydrogen (secondary N) is 2. The highest BCUT2D eigenvalue weighted by molar-refractivity contribution is 6.12. The van der Waals surface area contributed by atoms with Gasteiger partial charge in [0, 0.05) is 30.0 Å². The highest BCUT2D eigenvalue weighted by Gasteiger charge is 2.36. The number of ether oxygens (including phenoxy) is 1. The Morgan fingerprint density at radius 1 is 0.907 bits per heavy atom. The van der Waals surface area contributed by atoms with E-state index in [4.69, 9.17) is 4.74 Å². The molecule has 1 aromatic heterocycles. The van der Waals surface area contributed by atoms with Crippen molar-refractivity contribution >= 4 is 34.8 Å². The van der Waals surface area contributed by atoms with Gasteiger partial charge >= 0.3 is 12.3 Å². The minimum atomic E-state index is -4.78. The number of carbonyl (C=O) groups excluding carboxylic acids is 3. The molecular weight excluding hydrogens is 561 g/mol. The molecule has 8 nitrogen and oxygen atoms in total. The van der Waals surface area contributed by atoms with Crippen molar-refractivity contribution in [1.29, 1.82) is 0 Å². The molecular formula is C32H37F3N4O4. The predicted molar refractivity (Wildman–Crippen MR) is 162 cm³/mol. The zero-order valence-corrected chi connectivity index (χ0v) is 25.6. The summed E-state index contributed by atoms with van der Waals surface area (Å²) in [6, 6.07) is 12.0. The van der Waals surface area contributed by atoms with Crippen LogP contribution in [0.3, 0.4) is 0 Å². The summed E-state index contributed by atoms with van der Waals surface area (Å²) in [6.07, 6.45) is -6.34. The number of carbonyl (C=O) groups is 3. The van der Waals surface area contributed by atoms with Gasteiger partial charge in [-0.25, -0.2) is 4.79 Å². The van der Waals surface area contributed by atoms with Gasteiger partial charge in [-0.2, -0.15) is 13.2 Å². The summed E-state index contributed by atoms with van der Waals surface area (Å²) in [4.78, 5) is 44.4. The first-order valence-electron chi connectivity index (χ1n) is 13.7. The van der Waals surface area contributed by atoms with E-state index in [1.165, 1.54) is 11.9 Å². The Labute approximate surface area is 249 Å². The third kappa shape index (κ3) is 9.04. The second-order valence-corrected chi connectivity index (χ2v) is 11.6. The molecule has 0 aliphatic heterocycles. The lowest BCUT2D eigenvalue weighted by Crippen LogP contribution is -2.30. The zero-order valence-electron chi connectivity index (χ0n) is 25.6. The van der Waals surface area contributed by atoms with Crippen LogP contribution in [0.25, 0.3) is 11.1 Å². The Morgan fingerprint density at radius 2 is 1.51 bits per heavy atom. The van der Waals surface area contributed by atoms with Crippen molar-refractivity contribution < 1.29 is 32.3 Å². The van der Waals surface area contributed by atoms with Crippen molar-refractivity contribution in [2.24, 2.45) is 0 Å². The fraction of sp³-hybridized carbons (Fsp3) is 0.375. The van der Waals surface area contributed by atoms with E-state index in [-0.39, 0.29) is 28.7 Å². The first kappa shape index (κ1) is 33.1. The smallest absolute Gasteiger partial charge is 0.418 e. The van der Waals surface area contributed by atoms with Gasteiger partial charge in [0.15, 0.2) is 5.78 Å². The van der Waals surface area contributed by atoms with Crippen LogP contribution in [0.4, 0.5) is 35.0 Å². The van der Waals surface area contributed by atoms with Gasteiger partial charge in [-0.1, -0.05) is 18.2 Å². The van der Waals surface area contributed by atoms with Gasteiger partial charge in [-0.3, -0.25) is 19.9 Å². The summed E-state index contributed by atoms with van der Waals surface area (Å²) in [5.41, 5.74) is 0.941. The van der Waals surface area contributed by atoms with E-state index in [1.54, 1.807) is 52.8 Å². The van der Waals surface area contributed by atoms with E-state index < -0.39 is 41.5 Å². The van der Waals surface area contributed by atoms with Crippen LogP contribution in [0.2, 0.25) is 0 Å². The number of hydrogen-bond donors (Lipinski definition) is 2. The fourth-order valence-corrected chi connectivity index (χ4v) is 4.32. The van der Waals surface area contributed by atoms with E-state index in [9.17, 15) is 27.6 Å². The summed E-state index contributed by atoms with van der Waals surface area (Å²) < 4.78 is 47.7. The number of Topliss-reactive ketones (excluding diaryl/α,β-unsaturated/α-hetero) is 1. The molecule has 3 rings (SSSR count). The normalized spacial score (nSPS) is 11.7. The van der Waals surface area contributed by atoms with Crippen LogP contribution < -0.4 is 15.5 Å². The second-order valence-electron chi connectivity index (χ2n) is 11.6. The molecule has 2 amide bonds. The Kier molecular flexibility index (Phi) is 9.89. The number of ketones is 1. The van der Waals surface area contributed by atoms with E-state index in [2.05, 4.69) is 15.6 Å². The Hall–Kier alpha value is -4.41. The minimum Gasteiger partial charge on any atom is -0.444 e. The number of anilines is 3. The monoisotopic (exact) mass is 598 g/mol. The topological polar surface area (TPSA) is 101 Å². The van der Waals surface area contributed by atoms with E-state index in [0.717, 1.165) is 34.6 Å². The quantitative estimate of drug-likeness (QED) is 0.203. The van der Waals surface area contributed by atoms with Crippen LogP contribution in [0, 0.1) is 13.8 Å². The predicted octanol–water partition coefficient (Wildman–Crippen LogP) is 7.79. The van der Waals surface area contributed by atoms with Crippen molar-refractivity contribution in [2.45, 2.75) is 72.7 Å². The summed E-state index contributed by atoms with van der Waals surface area (Å²) in [5.74, 6) is -1.38. The maximum Gasteiger partial charge on any atom is 0.418 e. The van der Waals surface area contributed by atoms with Crippen molar-refractivity contribution in [3.05, 3.63) is 71.0 Å². The summed E-state index contributed by atoms with van der Waals surface area (Å²) in [7, 11) is 1.49. The lowest BCUT2D eigenvalue weighted by Gasteiger charge is -2.29. The number of aromatic nitrogens is 1. The van der Waals surface area contributed by atoms with Crippen LogP contribution in [0.5, 0.6) is 0 Å². The number of amides is 2. The lowest BCUT2D eigenvalue weighted by atomic mass is 9.99. The molecule has 0 saturated heterocycles. The number of aryl methyl sites for hydroxylation is 2. The van der Waals surface area contributed by atoms with Crippen molar-refractivity contribution in [1.82, 2.24) is 4.98 Å². The van der Waals surface area contributed by atoms with Crippen molar-refractivity contribution in [3.8, 4) is 11.1 Å². The highest BCUT2D eigenvalue weighted by Crippen LogP contribution is 2.42. The van der Waals surface area contributed by atoms with E-state index >= 15 is 0 Å². The number of benzene rings is 2. The van der Waals surface area contributed by atoms with Gasteiger partial charge in [0.2, 0.25) is 5.91 Å². The highest BCUT2D eigenvalue weighted by atomic mass is 19.4. The second kappa shape index (κ2) is 12.8. The van der Waals surface area contributed by atoms with Crippen LogP contribution in [-0.2, 0) is 15.7 Å². The number of rotatable bonds is 8. The molecule has 0 atom stereocenters. The number of hydrogen-bond acceptors (Lipinski definition) is 6. The van der Waals surface area contributed by atoms with Gasteiger partial charge in [0.1, 0.15) is 5.60 Å². The average Bonchev–Trinajstić information content (AvgIpc) is 2.86. The van der Waals surface area contributed by atoms with Crippen LogP contribution in [0.15, 0.2) is 48.5 Å². The first-order valence-corrected chi connectivity index (χ1v) is 13.7. The third-order valence-corrected chi connectivity index (χ3v) is 6.43. The Morgan fingerprint density at radius 3 is 2.07 bits per heavy atom. The van der Waals surface area contributed by atoms with Crippen LogP contribution in [0.1, 0.15) is 68.3 Å². The molecule has 0 saturated carbocycles. The molecule has 230 valence electrons. The third-order valence-electron chi connectivity index (χ3n) is 6.43. The van der Waals surface area contributed by atoms with Gasteiger partial charge in [0.25, 0.3) is 0 Å². The molecule has 0 fully saturated rings. The number of alkyl halides is 3. The number of pyridine rings is 1. The molecule has 0 bridgehead atoms. The average molecular weight is 599 g/mol. The summed E-state index contributed by atoms with van der Waals surface area (Å²) in [6.45, 7) is 12.1. The molecule has 2 N–H and O–H groups in total. The molecule has 0 spiro atoms.